The summed E-state index contributed by atoms with van der Waals surface area (Å²) in [6.07, 6.45) is 0. The van der Waals surface area contributed by atoms with Crippen LogP contribution in [-0.2, 0) is 11.3 Å². The van der Waals surface area contributed by atoms with E-state index in [0.717, 1.165) is 32.8 Å². The number of hydrogen-bond acceptors (Lipinski definition) is 4. The van der Waals surface area contributed by atoms with E-state index in [4.69, 9.17) is 10.00 Å². The zero-order valence-electron chi connectivity index (χ0n) is 15.8. The highest BCUT2D eigenvalue weighted by atomic mass is 19.1. The molecule has 1 atom stereocenters. The summed E-state index contributed by atoms with van der Waals surface area (Å²) in [6, 6.07) is 6.75. The van der Waals surface area contributed by atoms with Crippen LogP contribution in [0.1, 0.15) is 25.0 Å². The van der Waals surface area contributed by atoms with Crippen molar-refractivity contribution >= 4 is 5.96 Å². The van der Waals surface area contributed by atoms with Crippen molar-refractivity contribution in [3.8, 4) is 6.07 Å². The van der Waals surface area contributed by atoms with Gasteiger partial charge in [0.1, 0.15) is 5.82 Å². The molecule has 142 valence electrons. The third-order valence-electron chi connectivity index (χ3n) is 4.61. The van der Waals surface area contributed by atoms with Gasteiger partial charge in [-0.25, -0.2) is 4.39 Å². The van der Waals surface area contributed by atoms with Crippen molar-refractivity contribution in [1.29, 1.82) is 5.26 Å². The van der Waals surface area contributed by atoms with Crippen LogP contribution in [0.5, 0.6) is 0 Å². The molecular weight excluding hydrogens is 333 g/mol. The first-order valence-corrected chi connectivity index (χ1v) is 9.00. The Morgan fingerprint density at radius 3 is 2.69 bits per heavy atom. The van der Waals surface area contributed by atoms with E-state index < -0.39 is 0 Å². The van der Waals surface area contributed by atoms with E-state index in [-0.39, 0.29) is 12.4 Å². The maximum absolute atomic E-state index is 13.9. The first-order valence-electron chi connectivity index (χ1n) is 9.00. The highest BCUT2D eigenvalue weighted by Gasteiger charge is 2.23. The van der Waals surface area contributed by atoms with Gasteiger partial charge in [0.2, 0.25) is 0 Å². The van der Waals surface area contributed by atoms with Crippen LogP contribution >= 0.6 is 0 Å². The second-order valence-corrected chi connectivity index (χ2v) is 6.68. The van der Waals surface area contributed by atoms with Gasteiger partial charge >= 0.3 is 0 Å². The predicted octanol–water partition coefficient (Wildman–Crippen LogP) is 1.72. The molecule has 0 amide bonds. The molecule has 2 rings (SSSR count). The van der Waals surface area contributed by atoms with Crippen molar-refractivity contribution in [2.75, 3.05) is 39.9 Å². The molecule has 1 unspecified atom stereocenters. The van der Waals surface area contributed by atoms with Gasteiger partial charge < -0.3 is 15.4 Å². The van der Waals surface area contributed by atoms with Crippen LogP contribution in [0.25, 0.3) is 0 Å². The number of morpholine rings is 1. The molecule has 0 aliphatic carbocycles. The fourth-order valence-electron chi connectivity index (χ4n) is 3.08. The Hall–Kier alpha value is -2.17. The summed E-state index contributed by atoms with van der Waals surface area (Å²) in [7, 11) is 1.69. The van der Waals surface area contributed by atoms with Crippen molar-refractivity contribution in [3.63, 3.8) is 0 Å². The lowest BCUT2D eigenvalue weighted by Crippen LogP contribution is -2.52. The van der Waals surface area contributed by atoms with Gasteiger partial charge in [0.05, 0.1) is 24.8 Å². The Bertz CT molecular complexity index is 650. The molecule has 0 aromatic heterocycles. The average Bonchev–Trinajstić information content (AvgIpc) is 2.66. The average molecular weight is 361 g/mol. The molecule has 1 aromatic rings. The fourth-order valence-corrected chi connectivity index (χ4v) is 3.08. The van der Waals surface area contributed by atoms with Crippen LogP contribution in [0.2, 0.25) is 0 Å². The van der Waals surface area contributed by atoms with E-state index in [0.29, 0.717) is 29.0 Å². The van der Waals surface area contributed by atoms with Crippen molar-refractivity contribution < 1.29 is 9.13 Å². The minimum atomic E-state index is -0.333. The van der Waals surface area contributed by atoms with Gasteiger partial charge in [-0.05, 0) is 24.1 Å². The molecule has 2 N–H and O–H groups in total. The number of nitriles is 1. The molecule has 0 spiro atoms. The Kier molecular flexibility index (Phi) is 7.82. The number of guanidine groups is 1. The highest BCUT2D eigenvalue weighted by Crippen LogP contribution is 2.12. The number of hydrogen-bond donors (Lipinski definition) is 2. The van der Waals surface area contributed by atoms with E-state index >= 15 is 0 Å². The molecule has 0 saturated carbocycles. The standard InChI is InChI=1S/C19H28FN5O/c1-14(2)18(25-6-8-26-9-7-25)13-24-19(22-3)23-12-16-10-15(11-21)4-5-17(16)20/h4-5,10,14,18H,6-9,12-13H2,1-3H3,(H2,22,23,24). The molecule has 1 heterocycles. The normalized spacial score (nSPS) is 17.0. The summed E-state index contributed by atoms with van der Waals surface area (Å²) in [5.74, 6) is 0.773. The van der Waals surface area contributed by atoms with Gasteiger partial charge in [-0.3, -0.25) is 9.89 Å². The number of rotatable bonds is 6. The molecule has 1 aromatic carbocycles. The van der Waals surface area contributed by atoms with E-state index in [2.05, 4.69) is 34.4 Å². The largest absolute Gasteiger partial charge is 0.379 e. The molecule has 7 heteroatoms. The second-order valence-electron chi connectivity index (χ2n) is 6.68. The van der Waals surface area contributed by atoms with Crippen molar-refractivity contribution in [1.82, 2.24) is 15.5 Å². The summed E-state index contributed by atoms with van der Waals surface area (Å²) < 4.78 is 19.3. The molecule has 6 nitrogen and oxygen atoms in total. The van der Waals surface area contributed by atoms with Gasteiger partial charge in [0.15, 0.2) is 5.96 Å². The van der Waals surface area contributed by atoms with Crippen LogP contribution in [0.4, 0.5) is 4.39 Å². The Morgan fingerprint density at radius 1 is 1.35 bits per heavy atom. The highest BCUT2D eigenvalue weighted by molar-refractivity contribution is 5.79. The van der Waals surface area contributed by atoms with Crippen LogP contribution in [0.15, 0.2) is 23.2 Å². The lowest BCUT2D eigenvalue weighted by molar-refractivity contribution is 0.00752. The fraction of sp³-hybridized carbons (Fsp3) is 0.579. The second kappa shape index (κ2) is 10.1. The molecule has 1 saturated heterocycles. The van der Waals surface area contributed by atoms with Crippen LogP contribution in [0.3, 0.4) is 0 Å². The number of benzene rings is 1. The lowest BCUT2D eigenvalue weighted by atomic mass is 10.0. The minimum absolute atomic E-state index is 0.269. The molecule has 0 bridgehead atoms. The van der Waals surface area contributed by atoms with Crippen LogP contribution in [0, 0.1) is 23.1 Å². The molecule has 26 heavy (non-hydrogen) atoms. The SMILES string of the molecule is CN=C(NCc1cc(C#N)ccc1F)NCC(C(C)C)N1CCOCC1. The topological polar surface area (TPSA) is 72.7 Å². The van der Waals surface area contributed by atoms with E-state index in [9.17, 15) is 4.39 Å². The molecule has 0 radical (unpaired) electrons. The van der Waals surface area contributed by atoms with Gasteiger partial charge in [0.25, 0.3) is 0 Å². The summed E-state index contributed by atoms with van der Waals surface area (Å²) in [6.45, 7) is 8.84. The predicted molar refractivity (Wildman–Crippen MR) is 100 cm³/mol. The number of aliphatic imine (C=N–C) groups is 1. The Morgan fingerprint density at radius 2 is 2.08 bits per heavy atom. The first kappa shape index (κ1) is 20.1. The van der Waals surface area contributed by atoms with Crippen molar-refractivity contribution in [3.05, 3.63) is 35.1 Å². The lowest BCUT2D eigenvalue weighted by Gasteiger charge is -2.37. The van der Waals surface area contributed by atoms with Crippen molar-refractivity contribution in [2.45, 2.75) is 26.4 Å². The number of nitrogens with zero attached hydrogens (tertiary/aromatic N) is 3. The monoisotopic (exact) mass is 361 g/mol. The third kappa shape index (κ3) is 5.68. The smallest absolute Gasteiger partial charge is 0.191 e. The van der Waals surface area contributed by atoms with Crippen LogP contribution < -0.4 is 10.6 Å². The summed E-state index contributed by atoms with van der Waals surface area (Å²) in [4.78, 5) is 6.65. The zero-order chi connectivity index (χ0) is 18.9. The Balaban J connectivity index is 1.91. The number of nitrogens with one attached hydrogen (secondary N) is 2. The number of halogens is 1. The van der Waals surface area contributed by atoms with E-state index in [1.54, 1.807) is 13.1 Å². The van der Waals surface area contributed by atoms with E-state index in [1.807, 2.05) is 6.07 Å². The molecule has 1 aliphatic rings. The zero-order valence-corrected chi connectivity index (χ0v) is 15.8. The van der Waals surface area contributed by atoms with Gasteiger partial charge in [0, 0.05) is 44.8 Å². The summed E-state index contributed by atoms with van der Waals surface area (Å²) >= 11 is 0. The molecule has 1 fully saturated rings. The number of ether oxygens (including phenoxy) is 1. The minimum Gasteiger partial charge on any atom is -0.379 e. The molecular formula is C19H28FN5O. The first-order chi connectivity index (χ1) is 12.5. The maximum Gasteiger partial charge on any atom is 0.191 e. The van der Waals surface area contributed by atoms with E-state index in [1.165, 1.54) is 12.1 Å². The summed E-state index contributed by atoms with van der Waals surface area (Å²) in [5.41, 5.74) is 0.888. The van der Waals surface area contributed by atoms with Gasteiger partial charge in [-0.15, -0.1) is 0 Å². The van der Waals surface area contributed by atoms with Gasteiger partial charge in [-0.1, -0.05) is 13.8 Å². The quantitative estimate of drug-likeness (QED) is 0.596. The van der Waals surface area contributed by atoms with Crippen LogP contribution in [-0.4, -0.2) is 56.8 Å². The van der Waals surface area contributed by atoms with Gasteiger partial charge in [-0.2, -0.15) is 5.26 Å². The molecule has 1 aliphatic heterocycles. The summed E-state index contributed by atoms with van der Waals surface area (Å²) in [5, 5.41) is 15.4. The third-order valence-corrected chi connectivity index (χ3v) is 4.61. The maximum atomic E-state index is 13.9. The Labute approximate surface area is 155 Å². The van der Waals surface area contributed by atoms with Crippen molar-refractivity contribution in [2.24, 2.45) is 10.9 Å².